The third kappa shape index (κ3) is 2.73. The van der Waals surface area contributed by atoms with Crippen molar-refractivity contribution in [3.05, 3.63) is 40.6 Å². The van der Waals surface area contributed by atoms with Crippen LogP contribution in [-0.4, -0.2) is 33.4 Å². The van der Waals surface area contributed by atoms with Gasteiger partial charge in [0.25, 0.3) is 0 Å². The van der Waals surface area contributed by atoms with Crippen molar-refractivity contribution in [1.82, 2.24) is 0 Å². The van der Waals surface area contributed by atoms with Crippen LogP contribution in [0.25, 0.3) is 22.3 Å². The lowest BCUT2D eigenvalue weighted by atomic mass is 10.1. The van der Waals surface area contributed by atoms with Gasteiger partial charge in [0.15, 0.2) is 27.4 Å². The molecule has 1 heterocycles. The number of hydrogen-bond acceptors (Lipinski definition) is 8. The van der Waals surface area contributed by atoms with Crippen LogP contribution in [0.15, 0.2) is 44.4 Å². The first kappa shape index (κ1) is 16.6. The van der Waals surface area contributed by atoms with E-state index in [9.17, 15) is 38.2 Å². The maximum absolute atomic E-state index is 12.2. The lowest BCUT2D eigenvalue weighted by Gasteiger charge is -2.09. The number of rotatable bonds is 2. The highest BCUT2D eigenvalue weighted by atomic mass is 32.2. The second-order valence-electron chi connectivity index (χ2n) is 5.10. The van der Waals surface area contributed by atoms with E-state index in [1.165, 1.54) is 6.07 Å². The molecular formula is C15H10O9S. The van der Waals surface area contributed by atoms with E-state index in [0.29, 0.717) is 6.07 Å². The first-order valence-electron chi connectivity index (χ1n) is 6.62. The molecule has 0 aliphatic carbocycles. The number of aromatic hydroxyl groups is 4. The highest BCUT2D eigenvalue weighted by Crippen LogP contribution is 2.38. The minimum atomic E-state index is -4.99. The summed E-state index contributed by atoms with van der Waals surface area (Å²) in [6.07, 6.45) is 0. The Morgan fingerprint density at radius 3 is 2.12 bits per heavy atom. The topological polar surface area (TPSA) is 166 Å². The summed E-state index contributed by atoms with van der Waals surface area (Å²) in [4.78, 5) is 11.2. The third-order valence-corrected chi connectivity index (χ3v) is 4.34. The van der Waals surface area contributed by atoms with Gasteiger partial charge < -0.3 is 24.8 Å². The van der Waals surface area contributed by atoms with Crippen molar-refractivity contribution in [2.45, 2.75) is 4.90 Å². The SMILES string of the molecule is O=c1cc(-c2ccc(O)c(O)c2)oc2c(S(=O)(=O)O)c(O)cc(O)c12. The molecule has 9 nitrogen and oxygen atoms in total. The summed E-state index contributed by atoms with van der Waals surface area (Å²) in [5, 5.41) is 37.8. The van der Waals surface area contributed by atoms with Crippen LogP contribution >= 0.6 is 0 Å². The molecule has 0 spiro atoms. The quantitative estimate of drug-likeness (QED) is 0.334. The Morgan fingerprint density at radius 2 is 1.52 bits per heavy atom. The number of phenols is 4. The average molecular weight is 366 g/mol. The van der Waals surface area contributed by atoms with Crippen molar-refractivity contribution in [2.24, 2.45) is 0 Å². The van der Waals surface area contributed by atoms with Crippen LogP contribution in [0.5, 0.6) is 23.0 Å². The van der Waals surface area contributed by atoms with E-state index in [0.717, 1.165) is 18.2 Å². The van der Waals surface area contributed by atoms with Crippen LogP contribution in [0, 0.1) is 0 Å². The van der Waals surface area contributed by atoms with E-state index in [2.05, 4.69) is 0 Å². The van der Waals surface area contributed by atoms with Crippen molar-refractivity contribution < 1.29 is 37.8 Å². The Kier molecular flexibility index (Phi) is 3.59. The molecule has 130 valence electrons. The van der Waals surface area contributed by atoms with E-state index >= 15 is 0 Å². The zero-order valence-corrected chi connectivity index (χ0v) is 13.0. The van der Waals surface area contributed by atoms with Crippen LogP contribution in [0.1, 0.15) is 0 Å². The predicted molar refractivity (Wildman–Crippen MR) is 84.4 cm³/mol. The highest BCUT2D eigenvalue weighted by molar-refractivity contribution is 7.86. The van der Waals surface area contributed by atoms with Crippen molar-refractivity contribution in [2.75, 3.05) is 0 Å². The molecule has 1 aromatic heterocycles. The van der Waals surface area contributed by atoms with Gasteiger partial charge in [0.1, 0.15) is 22.6 Å². The number of benzene rings is 2. The second kappa shape index (κ2) is 5.40. The Balaban J connectivity index is 2.46. The molecule has 3 aromatic rings. The van der Waals surface area contributed by atoms with Crippen molar-refractivity contribution in [3.63, 3.8) is 0 Å². The largest absolute Gasteiger partial charge is 0.507 e. The van der Waals surface area contributed by atoms with Crippen LogP contribution in [0.4, 0.5) is 0 Å². The van der Waals surface area contributed by atoms with E-state index in [1.54, 1.807) is 0 Å². The Labute approximate surface area is 139 Å². The van der Waals surface area contributed by atoms with E-state index < -0.39 is 54.4 Å². The summed E-state index contributed by atoms with van der Waals surface area (Å²) in [6.45, 7) is 0. The van der Waals surface area contributed by atoms with Gasteiger partial charge >= 0.3 is 10.1 Å². The number of hydrogen-bond donors (Lipinski definition) is 5. The summed E-state index contributed by atoms with van der Waals surface area (Å²) < 4.78 is 37.6. The van der Waals surface area contributed by atoms with Crippen LogP contribution in [0.3, 0.4) is 0 Å². The standard InChI is InChI=1S/C15H10O9S/c16-7-2-1-6(3-8(7)17)12-5-10(19)13-9(18)4-11(20)15(14(13)24-12)25(21,22)23/h1-5,16-18,20H,(H,21,22,23). The fourth-order valence-electron chi connectivity index (χ4n) is 2.35. The van der Waals surface area contributed by atoms with Crippen LogP contribution in [0.2, 0.25) is 0 Å². The lowest BCUT2D eigenvalue weighted by Crippen LogP contribution is -2.06. The fraction of sp³-hybridized carbons (Fsp3) is 0. The summed E-state index contributed by atoms with van der Waals surface area (Å²) in [6, 6.07) is 4.94. The molecule has 10 heteroatoms. The van der Waals surface area contributed by atoms with Gasteiger partial charge in [-0.25, -0.2) is 0 Å². The minimum absolute atomic E-state index is 0.0958. The number of phenolic OH excluding ortho intramolecular Hbond substituents is 4. The minimum Gasteiger partial charge on any atom is -0.507 e. The van der Waals surface area contributed by atoms with Gasteiger partial charge in [-0.1, -0.05) is 0 Å². The Morgan fingerprint density at radius 1 is 0.840 bits per heavy atom. The summed E-state index contributed by atoms with van der Waals surface area (Å²) >= 11 is 0. The summed E-state index contributed by atoms with van der Waals surface area (Å²) in [5.74, 6) is -2.94. The molecule has 0 unspecified atom stereocenters. The lowest BCUT2D eigenvalue weighted by molar-refractivity contribution is 0.404. The molecule has 0 saturated carbocycles. The van der Waals surface area contributed by atoms with Gasteiger partial charge in [-0.05, 0) is 18.2 Å². The van der Waals surface area contributed by atoms with Gasteiger partial charge in [0, 0.05) is 17.7 Å². The van der Waals surface area contributed by atoms with Gasteiger partial charge in [-0.15, -0.1) is 0 Å². The predicted octanol–water partition coefficient (Wildman–Crippen LogP) is 1.53. The van der Waals surface area contributed by atoms with E-state index in [-0.39, 0.29) is 11.3 Å². The maximum Gasteiger partial charge on any atom is 0.302 e. The normalized spacial score (nSPS) is 11.7. The van der Waals surface area contributed by atoms with Gasteiger partial charge in [-0.3, -0.25) is 9.35 Å². The Hall–Kier alpha value is -3.24. The molecule has 2 aromatic carbocycles. The molecule has 0 saturated heterocycles. The monoisotopic (exact) mass is 366 g/mol. The molecule has 0 atom stereocenters. The Bertz CT molecular complexity index is 1180. The van der Waals surface area contributed by atoms with E-state index in [4.69, 9.17) is 4.42 Å². The molecule has 0 aliphatic heterocycles. The third-order valence-electron chi connectivity index (χ3n) is 3.43. The molecule has 0 bridgehead atoms. The van der Waals surface area contributed by atoms with Gasteiger partial charge in [0.05, 0.1) is 0 Å². The molecular weight excluding hydrogens is 356 g/mol. The average Bonchev–Trinajstić information content (AvgIpc) is 2.47. The van der Waals surface area contributed by atoms with E-state index in [1.807, 2.05) is 0 Å². The molecule has 0 aliphatic rings. The molecule has 3 rings (SSSR count). The molecule has 5 N–H and O–H groups in total. The van der Waals surface area contributed by atoms with Crippen molar-refractivity contribution in [1.29, 1.82) is 0 Å². The first-order valence-corrected chi connectivity index (χ1v) is 8.06. The number of fused-ring (bicyclic) bond motifs is 1. The van der Waals surface area contributed by atoms with Crippen LogP contribution in [-0.2, 0) is 10.1 Å². The van der Waals surface area contributed by atoms with Gasteiger partial charge in [-0.2, -0.15) is 8.42 Å². The maximum atomic E-state index is 12.2. The zero-order chi connectivity index (χ0) is 18.5. The van der Waals surface area contributed by atoms with Crippen molar-refractivity contribution >= 4 is 21.1 Å². The fourth-order valence-corrected chi connectivity index (χ4v) is 3.05. The molecule has 0 fully saturated rings. The van der Waals surface area contributed by atoms with Crippen molar-refractivity contribution in [3.8, 4) is 34.3 Å². The molecule has 0 amide bonds. The second-order valence-corrected chi connectivity index (χ2v) is 6.46. The zero-order valence-electron chi connectivity index (χ0n) is 12.2. The first-order chi connectivity index (χ1) is 11.6. The smallest absolute Gasteiger partial charge is 0.302 e. The highest BCUT2D eigenvalue weighted by Gasteiger charge is 2.26. The van der Waals surface area contributed by atoms with Crippen LogP contribution < -0.4 is 5.43 Å². The molecule has 0 radical (unpaired) electrons. The molecule has 25 heavy (non-hydrogen) atoms. The summed E-state index contributed by atoms with van der Waals surface area (Å²) in [5.41, 5.74) is -1.51. The van der Waals surface area contributed by atoms with Gasteiger partial charge in [0.2, 0.25) is 0 Å². The summed E-state index contributed by atoms with van der Waals surface area (Å²) in [7, 11) is -4.99.